The maximum Gasteiger partial charge on any atom is 0.335 e. The van der Waals surface area contributed by atoms with Gasteiger partial charge in [-0.2, -0.15) is 0 Å². The first-order chi connectivity index (χ1) is 9.72. The van der Waals surface area contributed by atoms with Crippen molar-refractivity contribution in [2.45, 2.75) is 38.5 Å². The van der Waals surface area contributed by atoms with Gasteiger partial charge in [-0.25, -0.2) is 17.9 Å². The third-order valence-electron chi connectivity index (χ3n) is 4.18. The van der Waals surface area contributed by atoms with Gasteiger partial charge >= 0.3 is 5.97 Å². The molecule has 0 saturated heterocycles. The van der Waals surface area contributed by atoms with E-state index in [9.17, 15) is 13.2 Å². The van der Waals surface area contributed by atoms with E-state index >= 15 is 0 Å². The molecule has 0 radical (unpaired) electrons. The quantitative estimate of drug-likeness (QED) is 0.844. The third kappa shape index (κ3) is 3.63. The second kappa shape index (κ2) is 5.77. The van der Waals surface area contributed by atoms with Gasteiger partial charge in [0.25, 0.3) is 0 Å². The van der Waals surface area contributed by atoms with Crippen LogP contribution in [0.5, 0.6) is 0 Å². The first-order valence-corrected chi connectivity index (χ1v) is 8.55. The third-order valence-corrected chi connectivity index (χ3v) is 5.73. The Morgan fingerprint density at radius 3 is 2.52 bits per heavy atom. The van der Waals surface area contributed by atoms with Crippen LogP contribution in [-0.4, -0.2) is 26.0 Å². The van der Waals surface area contributed by atoms with E-state index in [0.717, 1.165) is 12.8 Å². The first kappa shape index (κ1) is 16.0. The van der Waals surface area contributed by atoms with E-state index < -0.39 is 16.0 Å². The Balaban J connectivity index is 2.27. The van der Waals surface area contributed by atoms with Crippen LogP contribution in [0.3, 0.4) is 0 Å². The summed E-state index contributed by atoms with van der Waals surface area (Å²) in [6.07, 6.45) is 2.32. The van der Waals surface area contributed by atoms with E-state index in [1.165, 1.54) is 12.1 Å². The highest BCUT2D eigenvalue weighted by Crippen LogP contribution is 2.36. The summed E-state index contributed by atoms with van der Waals surface area (Å²) in [6.45, 7) is 5.84. The van der Waals surface area contributed by atoms with Gasteiger partial charge in [0.05, 0.1) is 10.5 Å². The lowest BCUT2D eigenvalue weighted by molar-refractivity contribution is 0.0696. The van der Waals surface area contributed by atoms with Crippen LogP contribution in [-0.2, 0) is 10.0 Å². The lowest BCUT2D eigenvalue weighted by Crippen LogP contribution is -2.30. The Bertz CT molecular complexity index is 662. The number of aromatic carboxylic acids is 1. The standard InChI is InChI=1S/C15H21NO4S/c1-9-6-13(15(17)18)7-14(11(9)3)21(19,20)16-8-10(2)12-4-5-12/h6-7,10,12,16H,4-5,8H2,1-3H3,(H,17,18). The zero-order valence-corrected chi connectivity index (χ0v) is 13.3. The molecule has 0 aliphatic heterocycles. The predicted octanol–water partition coefficient (Wildman–Crippen LogP) is 2.33. The average molecular weight is 311 g/mol. The van der Waals surface area contributed by atoms with Gasteiger partial charge in [-0.15, -0.1) is 0 Å². The predicted molar refractivity (Wildman–Crippen MR) is 80.0 cm³/mol. The van der Waals surface area contributed by atoms with Crippen molar-refractivity contribution in [3.8, 4) is 0 Å². The highest BCUT2D eigenvalue weighted by molar-refractivity contribution is 7.89. The summed E-state index contributed by atoms with van der Waals surface area (Å²) in [4.78, 5) is 11.2. The number of carboxylic acids is 1. The second-order valence-electron chi connectivity index (χ2n) is 5.89. The largest absolute Gasteiger partial charge is 0.478 e. The summed E-state index contributed by atoms with van der Waals surface area (Å²) < 4.78 is 27.5. The van der Waals surface area contributed by atoms with Crippen molar-refractivity contribution in [2.75, 3.05) is 6.54 Å². The number of hydrogen-bond acceptors (Lipinski definition) is 3. The summed E-state index contributed by atoms with van der Waals surface area (Å²) in [5.74, 6) is -0.203. The number of nitrogens with one attached hydrogen (secondary N) is 1. The number of benzene rings is 1. The van der Waals surface area contributed by atoms with Crippen molar-refractivity contribution in [1.29, 1.82) is 0 Å². The van der Waals surface area contributed by atoms with E-state index in [1.54, 1.807) is 13.8 Å². The molecule has 0 spiro atoms. The molecule has 2 N–H and O–H groups in total. The van der Waals surface area contributed by atoms with Crippen molar-refractivity contribution >= 4 is 16.0 Å². The molecule has 0 heterocycles. The van der Waals surface area contributed by atoms with Gasteiger partial charge in [0.15, 0.2) is 0 Å². The van der Waals surface area contributed by atoms with Gasteiger partial charge in [0, 0.05) is 6.54 Å². The molecule has 1 saturated carbocycles. The van der Waals surface area contributed by atoms with Gasteiger partial charge in [-0.1, -0.05) is 6.92 Å². The molecule has 1 aromatic carbocycles. The van der Waals surface area contributed by atoms with E-state index in [1.807, 2.05) is 6.92 Å². The lowest BCUT2D eigenvalue weighted by atomic mass is 10.1. The highest BCUT2D eigenvalue weighted by atomic mass is 32.2. The molecule has 1 aliphatic carbocycles. The molecule has 2 rings (SSSR count). The van der Waals surface area contributed by atoms with Crippen LogP contribution in [0.1, 0.15) is 41.3 Å². The monoisotopic (exact) mass is 311 g/mol. The molecule has 116 valence electrons. The van der Waals surface area contributed by atoms with Crippen molar-refractivity contribution in [3.05, 3.63) is 28.8 Å². The topological polar surface area (TPSA) is 83.5 Å². The minimum absolute atomic E-state index is 0.00582. The number of sulfonamides is 1. The average Bonchev–Trinajstić information content (AvgIpc) is 3.23. The Morgan fingerprint density at radius 1 is 1.38 bits per heavy atom. The van der Waals surface area contributed by atoms with Gasteiger partial charge in [-0.05, 0) is 61.8 Å². The summed E-state index contributed by atoms with van der Waals surface area (Å²) in [6, 6.07) is 2.72. The fraction of sp³-hybridized carbons (Fsp3) is 0.533. The number of carboxylic acid groups (broad SMARTS) is 1. The molecule has 21 heavy (non-hydrogen) atoms. The maximum absolute atomic E-state index is 12.4. The number of aryl methyl sites for hydroxylation is 1. The van der Waals surface area contributed by atoms with Gasteiger partial charge in [0.2, 0.25) is 10.0 Å². The zero-order chi connectivity index (χ0) is 15.8. The fourth-order valence-electron chi connectivity index (χ4n) is 2.38. The van der Waals surface area contributed by atoms with Crippen molar-refractivity contribution in [1.82, 2.24) is 4.72 Å². The van der Waals surface area contributed by atoms with E-state index in [4.69, 9.17) is 5.11 Å². The van der Waals surface area contributed by atoms with Crippen molar-refractivity contribution in [2.24, 2.45) is 11.8 Å². The Labute approximate surface area is 125 Å². The van der Waals surface area contributed by atoms with Gasteiger partial charge in [0.1, 0.15) is 0 Å². The number of rotatable bonds is 6. The smallest absolute Gasteiger partial charge is 0.335 e. The maximum atomic E-state index is 12.4. The Hall–Kier alpha value is -1.40. The first-order valence-electron chi connectivity index (χ1n) is 7.06. The van der Waals surface area contributed by atoms with Crippen LogP contribution in [0.15, 0.2) is 17.0 Å². The molecule has 1 fully saturated rings. The molecule has 0 aromatic heterocycles. The van der Waals surface area contributed by atoms with Crippen molar-refractivity contribution in [3.63, 3.8) is 0 Å². The summed E-state index contributed by atoms with van der Waals surface area (Å²) in [7, 11) is -3.68. The van der Waals surface area contributed by atoms with Crippen LogP contribution in [0.4, 0.5) is 0 Å². The minimum atomic E-state index is -3.68. The SMILES string of the molecule is Cc1cc(C(=O)O)cc(S(=O)(=O)NCC(C)C2CC2)c1C. The summed E-state index contributed by atoms with van der Waals surface area (Å²) >= 11 is 0. The Morgan fingerprint density at radius 2 is 2.00 bits per heavy atom. The van der Waals surface area contributed by atoms with Gasteiger partial charge < -0.3 is 5.11 Å². The molecule has 6 heteroatoms. The Kier molecular flexibility index (Phi) is 4.39. The minimum Gasteiger partial charge on any atom is -0.478 e. The van der Waals surface area contributed by atoms with Crippen LogP contribution in [0.25, 0.3) is 0 Å². The van der Waals surface area contributed by atoms with Crippen LogP contribution < -0.4 is 4.72 Å². The van der Waals surface area contributed by atoms with E-state index in [2.05, 4.69) is 4.72 Å². The van der Waals surface area contributed by atoms with Gasteiger partial charge in [-0.3, -0.25) is 0 Å². The highest BCUT2D eigenvalue weighted by Gasteiger charge is 2.29. The normalized spacial score (nSPS) is 16.7. The number of carbonyl (C=O) groups is 1. The number of hydrogen-bond donors (Lipinski definition) is 2. The molecule has 0 bridgehead atoms. The molecule has 1 aromatic rings. The molecular formula is C15H21NO4S. The molecule has 1 atom stereocenters. The summed E-state index contributed by atoms with van der Waals surface area (Å²) in [5, 5.41) is 9.07. The van der Waals surface area contributed by atoms with E-state index in [0.29, 0.717) is 29.5 Å². The van der Waals surface area contributed by atoms with Crippen molar-refractivity contribution < 1.29 is 18.3 Å². The second-order valence-corrected chi connectivity index (χ2v) is 7.62. The van der Waals surface area contributed by atoms with Crippen LogP contribution in [0.2, 0.25) is 0 Å². The zero-order valence-electron chi connectivity index (χ0n) is 12.5. The molecule has 1 unspecified atom stereocenters. The van der Waals surface area contributed by atoms with E-state index in [-0.39, 0.29) is 10.5 Å². The molecule has 5 nitrogen and oxygen atoms in total. The lowest BCUT2D eigenvalue weighted by Gasteiger charge is -2.15. The molecule has 1 aliphatic rings. The molecule has 0 amide bonds. The molecular weight excluding hydrogens is 290 g/mol. The fourth-order valence-corrected chi connectivity index (χ4v) is 3.86. The van der Waals surface area contributed by atoms with Crippen LogP contribution in [0, 0.1) is 25.7 Å². The van der Waals surface area contributed by atoms with Crippen LogP contribution >= 0.6 is 0 Å². The summed E-state index contributed by atoms with van der Waals surface area (Å²) in [5.41, 5.74) is 1.24.